The molecular formula is C49H34BrN. The summed E-state index contributed by atoms with van der Waals surface area (Å²) in [6.07, 6.45) is 5.70. The van der Waals surface area contributed by atoms with Gasteiger partial charge in [-0.25, -0.2) is 0 Å². The molecule has 0 N–H and O–H groups in total. The van der Waals surface area contributed by atoms with Crippen molar-refractivity contribution in [3.8, 4) is 27.9 Å². The Hall–Kier alpha value is -5.70. The molecule has 242 valence electrons. The normalized spacial score (nSPS) is 15.4. The minimum Gasteiger partial charge on any atom is -0.312 e. The van der Waals surface area contributed by atoms with Crippen molar-refractivity contribution in [1.82, 2.24) is 4.57 Å². The maximum atomic E-state index is 3.79. The van der Waals surface area contributed by atoms with E-state index in [-0.39, 0.29) is 5.92 Å². The van der Waals surface area contributed by atoms with Gasteiger partial charge < -0.3 is 4.57 Å². The predicted octanol–water partition coefficient (Wildman–Crippen LogP) is 12.8. The van der Waals surface area contributed by atoms with Crippen molar-refractivity contribution in [2.24, 2.45) is 0 Å². The highest BCUT2D eigenvalue weighted by Gasteiger charge is 2.47. The summed E-state index contributed by atoms with van der Waals surface area (Å²) >= 11 is 3.79. The van der Waals surface area contributed by atoms with Gasteiger partial charge in [-0.3, -0.25) is 0 Å². The summed E-state index contributed by atoms with van der Waals surface area (Å²) in [4.78, 5) is 0. The van der Waals surface area contributed by atoms with Crippen LogP contribution in [0.1, 0.15) is 45.0 Å². The van der Waals surface area contributed by atoms with Crippen molar-refractivity contribution in [2.75, 3.05) is 0 Å². The van der Waals surface area contributed by atoms with Crippen molar-refractivity contribution in [3.63, 3.8) is 0 Å². The second kappa shape index (κ2) is 12.0. The van der Waals surface area contributed by atoms with Crippen LogP contribution >= 0.6 is 15.9 Å². The number of para-hydroxylation sites is 1. The molecule has 2 heteroatoms. The Bertz CT molecular complexity index is 2590. The minimum absolute atomic E-state index is 0.250. The van der Waals surface area contributed by atoms with Gasteiger partial charge in [-0.1, -0.05) is 186 Å². The summed E-state index contributed by atoms with van der Waals surface area (Å²) in [6.45, 7) is 0. The Balaban J connectivity index is 1.20. The van der Waals surface area contributed by atoms with Gasteiger partial charge in [0.15, 0.2) is 0 Å². The van der Waals surface area contributed by atoms with Crippen LogP contribution in [0.25, 0.3) is 44.9 Å². The van der Waals surface area contributed by atoms with E-state index in [1.54, 1.807) is 0 Å². The second-order valence-electron chi connectivity index (χ2n) is 13.7. The fourth-order valence-electron chi connectivity index (χ4n) is 8.99. The van der Waals surface area contributed by atoms with E-state index in [1.165, 1.54) is 77.9 Å². The number of benzene rings is 7. The molecule has 0 radical (unpaired) electrons. The molecule has 0 amide bonds. The molecule has 8 aromatic rings. The molecule has 1 heterocycles. The van der Waals surface area contributed by atoms with Gasteiger partial charge in [0.25, 0.3) is 0 Å². The minimum atomic E-state index is -0.442. The van der Waals surface area contributed by atoms with Crippen molar-refractivity contribution in [2.45, 2.75) is 17.8 Å². The number of hydrogen-bond donors (Lipinski definition) is 0. The first kappa shape index (κ1) is 30.2. The van der Waals surface area contributed by atoms with Gasteiger partial charge in [0.2, 0.25) is 0 Å². The highest BCUT2D eigenvalue weighted by Crippen LogP contribution is 2.58. The van der Waals surface area contributed by atoms with Crippen molar-refractivity contribution >= 4 is 32.9 Å². The van der Waals surface area contributed by atoms with E-state index >= 15 is 0 Å². The largest absolute Gasteiger partial charge is 0.312 e. The number of rotatable bonds is 5. The lowest BCUT2D eigenvalue weighted by atomic mass is 9.68. The number of nitrogens with zero attached hydrogens (tertiary/aromatic N) is 1. The van der Waals surface area contributed by atoms with E-state index in [0.717, 1.165) is 10.9 Å². The highest BCUT2D eigenvalue weighted by atomic mass is 79.9. The van der Waals surface area contributed by atoms with Crippen LogP contribution in [-0.4, -0.2) is 4.57 Å². The van der Waals surface area contributed by atoms with Gasteiger partial charge in [0.05, 0.1) is 16.6 Å². The third-order valence-corrected chi connectivity index (χ3v) is 11.8. The third kappa shape index (κ3) is 4.53. The molecule has 51 heavy (non-hydrogen) atoms. The second-order valence-corrected chi connectivity index (χ2v) is 14.6. The molecule has 0 aliphatic heterocycles. The van der Waals surface area contributed by atoms with Gasteiger partial charge in [-0.15, -0.1) is 0 Å². The first-order valence-corrected chi connectivity index (χ1v) is 18.5. The van der Waals surface area contributed by atoms with Crippen molar-refractivity contribution in [3.05, 3.63) is 226 Å². The first-order chi connectivity index (χ1) is 25.2. The zero-order valence-electron chi connectivity index (χ0n) is 28.0. The summed E-state index contributed by atoms with van der Waals surface area (Å²) in [5.74, 6) is 0.250. The Morgan fingerprint density at radius 3 is 2.00 bits per heavy atom. The lowest BCUT2D eigenvalue weighted by Gasteiger charge is -2.34. The molecule has 2 aliphatic rings. The van der Waals surface area contributed by atoms with Gasteiger partial charge in [0, 0.05) is 32.6 Å². The Morgan fingerprint density at radius 2 is 1.22 bits per heavy atom. The van der Waals surface area contributed by atoms with Crippen LogP contribution in [0.15, 0.2) is 186 Å². The fourth-order valence-corrected chi connectivity index (χ4v) is 9.50. The van der Waals surface area contributed by atoms with Gasteiger partial charge in [0.1, 0.15) is 0 Å². The topological polar surface area (TPSA) is 4.93 Å². The summed E-state index contributed by atoms with van der Waals surface area (Å²) in [5.41, 5.74) is 16.3. The van der Waals surface area contributed by atoms with E-state index in [9.17, 15) is 0 Å². The lowest BCUT2D eigenvalue weighted by molar-refractivity contribution is 0.765. The zero-order valence-corrected chi connectivity index (χ0v) is 29.6. The molecule has 0 saturated carbocycles. The number of hydrogen-bond acceptors (Lipinski definition) is 0. The Labute approximate surface area is 307 Å². The summed E-state index contributed by atoms with van der Waals surface area (Å²) in [6, 6.07) is 64.8. The number of fused-ring (bicyclic) bond motifs is 6. The van der Waals surface area contributed by atoms with Crippen LogP contribution in [0, 0.1) is 0 Å². The molecule has 7 aromatic carbocycles. The molecule has 1 aromatic heterocycles. The third-order valence-electron chi connectivity index (χ3n) is 11.1. The Kier molecular flexibility index (Phi) is 7.08. The highest BCUT2D eigenvalue weighted by molar-refractivity contribution is 9.10. The molecule has 1 unspecified atom stereocenters. The molecule has 0 bridgehead atoms. The SMILES string of the molecule is Brc1ccccc1-c1cccc(C2C=Cc3c(n(-c4cccc5c4-c4ccccc4C5(c4ccccc4)c4ccccc4)c4ccccc34)C2)c1. The van der Waals surface area contributed by atoms with Crippen LogP contribution in [0.4, 0.5) is 0 Å². The first-order valence-electron chi connectivity index (χ1n) is 17.7. The van der Waals surface area contributed by atoms with E-state index < -0.39 is 5.41 Å². The van der Waals surface area contributed by atoms with E-state index in [0.29, 0.717) is 0 Å². The van der Waals surface area contributed by atoms with Crippen LogP contribution in [-0.2, 0) is 11.8 Å². The summed E-state index contributed by atoms with van der Waals surface area (Å²) in [5, 5.41) is 1.30. The van der Waals surface area contributed by atoms with Crippen LogP contribution < -0.4 is 0 Å². The predicted molar refractivity (Wildman–Crippen MR) is 216 cm³/mol. The van der Waals surface area contributed by atoms with E-state index in [4.69, 9.17) is 0 Å². The van der Waals surface area contributed by atoms with Crippen molar-refractivity contribution < 1.29 is 0 Å². The fraction of sp³-hybridized carbons (Fsp3) is 0.0612. The maximum Gasteiger partial charge on any atom is 0.0714 e. The number of allylic oxidation sites excluding steroid dienone is 1. The molecule has 0 saturated heterocycles. The molecule has 2 aliphatic carbocycles. The average molecular weight is 717 g/mol. The number of aromatic nitrogens is 1. The average Bonchev–Trinajstić information content (AvgIpc) is 3.69. The molecule has 1 nitrogen and oxygen atoms in total. The molecule has 0 fully saturated rings. The smallest absolute Gasteiger partial charge is 0.0714 e. The molecule has 1 atom stereocenters. The summed E-state index contributed by atoms with van der Waals surface area (Å²) < 4.78 is 3.70. The summed E-state index contributed by atoms with van der Waals surface area (Å²) in [7, 11) is 0. The number of halogens is 1. The Morgan fingerprint density at radius 1 is 0.569 bits per heavy atom. The molecule has 10 rings (SSSR count). The van der Waals surface area contributed by atoms with Gasteiger partial charge in [-0.05, 0) is 69.1 Å². The molecular weight excluding hydrogens is 682 g/mol. The standard InChI is InChI=1S/C49H34BrN/c50-44-26-11-8-21-38(44)35-16-13-15-33(31-35)34-29-30-40-39-22-9-12-27-45(39)51(47(40)32-34)46-28-14-25-43-48(46)41-23-7-10-24-42(41)49(43,36-17-3-1-4-18-36)37-19-5-2-6-20-37/h1-31,34H,32H2. The van der Waals surface area contributed by atoms with Gasteiger partial charge >= 0.3 is 0 Å². The van der Waals surface area contributed by atoms with E-state index in [2.05, 4.69) is 209 Å². The lowest BCUT2D eigenvalue weighted by Crippen LogP contribution is -2.28. The van der Waals surface area contributed by atoms with Crippen LogP contribution in [0.2, 0.25) is 0 Å². The monoisotopic (exact) mass is 715 g/mol. The van der Waals surface area contributed by atoms with Gasteiger partial charge in [-0.2, -0.15) is 0 Å². The van der Waals surface area contributed by atoms with E-state index in [1.807, 2.05) is 0 Å². The van der Waals surface area contributed by atoms with Crippen LogP contribution in [0.5, 0.6) is 0 Å². The zero-order chi connectivity index (χ0) is 33.9. The maximum absolute atomic E-state index is 3.79. The van der Waals surface area contributed by atoms with Crippen molar-refractivity contribution in [1.29, 1.82) is 0 Å². The molecule has 0 spiro atoms. The van der Waals surface area contributed by atoms with Crippen LogP contribution in [0.3, 0.4) is 0 Å². The quantitative estimate of drug-likeness (QED) is 0.167.